The van der Waals surface area contributed by atoms with Crippen LogP contribution < -0.4 is 4.74 Å². The molecule has 3 aromatic rings. The van der Waals surface area contributed by atoms with Gasteiger partial charge in [-0.05, 0) is 30.5 Å². The van der Waals surface area contributed by atoms with E-state index in [1.165, 1.54) is 5.56 Å². The summed E-state index contributed by atoms with van der Waals surface area (Å²) in [6, 6.07) is 26.3. The van der Waals surface area contributed by atoms with Crippen molar-refractivity contribution < 1.29 is 14.3 Å². The Hall–Kier alpha value is -3.11. The van der Waals surface area contributed by atoms with Gasteiger partial charge in [-0.25, -0.2) is 0 Å². The van der Waals surface area contributed by atoms with Crippen molar-refractivity contribution in [2.45, 2.75) is 31.4 Å². The Morgan fingerprint density at radius 3 is 2.00 bits per heavy atom. The van der Waals surface area contributed by atoms with E-state index in [1.54, 1.807) is 0 Å². The number of carbonyl (C=O) groups excluding carboxylic acids is 1. The van der Waals surface area contributed by atoms with Gasteiger partial charge in [0.1, 0.15) is 23.5 Å². The molecule has 0 aromatic heterocycles. The number of ether oxygens (including phenoxy) is 2. The van der Waals surface area contributed by atoms with Gasteiger partial charge in [0.05, 0.1) is 0 Å². The average molecular weight is 426 g/mol. The first kappa shape index (κ1) is 19.6. The molecular weight excluding hydrogens is 398 g/mol. The number of esters is 1. The molecule has 0 spiro atoms. The topological polar surface area (TPSA) is 38.8 Å². The molecule has 0 N–H and O–H groups in total. The summed E-state index contributed by atoms with van der Waals surface area (Å²) < 4.78 is 12.4. The molecule has 1 saturated carbocycles. The van der Waals surface area contributed by atoms with Gasteiger partial charge in [-0.1, -0.05) is 66.7 Å². The van der Waals surface area contributed by atoms with Crippen molar-refractivity contribution in [1.29, 1.82) is 0 Å². The highest BCUT2D eigenvalue weighted by atomic mass is 16.5. The summed E-state index contributed by atoms with van der Waals surface area (Å²) >= 11 is 0. The number of fused-ring (bicyclic) bond motifs is 4. The second-order valence-electron chi connectivity index (χ2n) is 9.29. The summed E-state index contributed by atoms with van der Waals surface area (Å²) in [7, 11) is 0. The first-order valence-corrected chi connectivity index (χ1v) is 11.6. The Labute approximate surface area is 188 Å². The number of piperidine rings is 1. The maximum atomic E-state index is 13.6. The van der Waals surface area contributed by atoms with Crippen LogP contribution >= 0.6 is 0 Å². The quantitative estimate of drug-likeness (QED) is 0.526. The van der Waals surface area contributed by atoms with E-state index in [-0.39, 0.29) is 12.1 Å². The number of para-hydroxylation sites is 2. The molecule has 0 amide bonds. The SMILES string of the molecule is O=C(OC1C2CCC1CN(Cc1ccccc1)C2)C1c2ccccc2Oc2ccccc21. The van der Waals surface area contributed by atoms with E-state index in [2.05, 4.69) is 35.2 Å². The second-order valence-corrected chi connectivity index (χ2v) is 9.29. The van der Waals surface area contributed by atoms with E-state index in [1.807, 2.05) is 48.5 Å². The van der Waals surface area contributed by atoms with E-state index in [0.717, 1.165) is 55.1 Å². The zero-order valence-electron chi connectivity index (χ0n) is 18.0. The van der Waals surface area contributed by atoms with Crippen LogP contribution in [-0.4, -0.2) is 30.1 Å². The Bertz CT molecular complexity index is 1070. The molecule has 0 radical (unpaired) electrons. The molecule has 3 aromatic carbocycles. The van der Waals surface area contributed by atoms with Gasteiger partial charge in [-0.2, -0.15) is 0 Å². The normalized spacial score (nSPS) is 24.3. The van der Waals surface area contributed by atoms with Gasteiger partial charge < -0.3 is 9.47 Å². The van der Waals surface area contributed by atoms with Gasteiger partial charge in [-0.15, -0.1) is 0 Å². The lowest BCUT2D eigenvalue weighted by Crippen LogP contribution is -2.46. The minimum Gasteiger partial charge on any atom is -0.461 e. The highest BCUT2D eigenvalue weighted by Crippen LogP contribution is 2.46. The van der Waals surface area contributed by atoms with Crippen molar-refractivity contribution in [2.24, 2.45) is 11.8 Å². The van der Waals surface area contributed by atoms with Crippen LogP contribution in [0.5, 0.6) is 11.5 Å². The van der Waals surface area contributed by atoms with Crippen LogP contribution in [0.25, 0.3) is 0 Å². The predicted molar refractivity (Wildman–Crippen MR) is 123 cm³/mol. The molecule has 1 saturated heterocycles. The van der Waals surface area contributed by atoms with E-state index in [9.17, 15) is 4.79 Å². The molecule has 3 aliphatic rings. The lowest BCUT2D eigenvalue weighted by Gasteiger charge is -2.38. The fourth-order valence-corrected chi connectivity index (χ4v) is 5.80. The van der Waals surface area contributed by atoms with Crippen LogP contribution in [0.15, 0.2) is 78.9 Å². The summed E-state index contributed by atoms with van der Waals surface area (Å²) in [4.78, 5) is 16.1. The molecule has 162 valence electrons. The molecule has 4 nitrogen and oxygen atoms in total. The molecule has 4 heteroatoms. The van der Waals surface area contributed by atoms with Crippen LogP contribution in [0, 0.1) is 11.8 Å². The molecule has 6 rings (SSSR count). The number of benzene rings is 3. The Morgan fingerprint density at radius 2 is 1.38 bits per heavy atom. The number of likely N-dealkylation sites (tertiary alicyclic amines) is 1. The Kier molecular flexibility index (Phi) is 4.95. The number of hydrogen-bond acceptors (Lipinski definition) is 4. The van der Waals surface area contributed by atoms with Gasteiger partial charge >= 0.3 is 5.97 Å². The number of hydrogen-bond donors (Lipinski definition) is 0. The second kappa shape index (κ2) is 8.10. The van der Waals surface area contributed by atoms with Crippen molar-refractivity contribution in [2.75, 3.05) is 13.1 Å². The highest BCUT2D eigenvalue weighted by molar-refractivity contribution is 5.85. The smallest absolute Gasteiger partial charge is 0.318 e. The zero-order chi connectivity index (χ0) is 21.5. The molecular formula is C28H27NO3. The monoisotopic (exact) mass is 425 g/mol. The van der Waals surface area contributed by atoms with Gasteiger partial charge in [0.2, 0.25) is 0 Å². The Morgan fingerprint density at radius 1 is 0.812 bits per heavy atom. The van der Waals surface area contributed by atoms with Crippen molar-refractivity contribution in [3.63, 3.8) is 0 Å². The fourth-order valence-electron chi connectivity index (χ4n) is 5.80. The van der Waals surface area contributed by atoms with Crippen LogP contribution in [-0.2, 0) is 16.1 Å². The molecule has 1 aliphatic carbocycles. The van der Waals surface area contributed by atoms with E-state index in [4.69, 9.17) is 9.47 Å². The fraction of sp³-hybridized carbons (Fsp3) is 0.321. The number of nitrogens with zero attached hydrogens (tertiary/aromatic N) is 1. The lowest BCUT2D eigenvalue weighted by atomic mass is 9.87. The van der Waals surface area contributed by atoms with Crippen LogP contribution in [0.1, 0.15) is 35.4 Å². The van der Waals surface area contributed by atoms with Gasteiger partial charge in [0, 0.05) is 42.6 Å². The maximum Gasteiger partial charge on any atom is 0.318 e. The largest absolute Gasteiger partial charge is 0.461 e. The third-order valence-corrected chi connectivity index (χ3v) is 7.24. The first-order chi connectivity index (χ1) is 15.8. The summed E-state index contributed by atoms with van der Waals surface area (Å²) in [6.45, 7) is 2.95. The molecule has 32 heavy (non-hydrogen) atoms. The third-order valence-electron chi connectivity index (χ3n) is 7.24. The third kappa shape index (κ3) is 3.49. The van der Waals surface area contributed by atoms with Gasteiger partial charge in [0.15, 0.2) is 0 Å². The molecule has 2 aliphatic heterocycles. The van der Waals surface area contributed by atoms with E-state index < -0.39 is 5.92 Å². The van der Waals surface area contributed by atoms with Crippen LogP contribution in [0.3, 0.4) is 0 Å². The van der Waals surface area contributed by atoms with Crippen LogP contribution in [0.2, 0.25) is 0 Å². The lowest BCUT2D eigenvalue weighted by molar-refractivity contribution is -0.157. The summed E-state index contributed by atoms with van der Waals surface area (Å²) in [5.74, 6) is 1.73. The first-order valence-electron chi connectivity index (χ1n) is 11.6. The standard InChI is InChI=1S/C28H27NO3/c30-28(26-22-10-4-6-12-24(22)31-25-13-7-5-11-23(25)26)32-27-20-14-15-21(27)18-29(17-20)16-19-8-2-1-3-9-19/h1-13,20-21,26-27H,14-18H2. The van der Waals surface area contributed by atoms with Crippen molar-refractivity contribution in [1.82, 2.24) is 4.90 Å². The summed E-state index contributed by atoms with van der Waals surface area (Å²) in [5, 5.41) is 0. The van der Waals surface area contributed by atoms with Crippen molar-refractivity contribution in [3.05, 3.63) is 95.6 Å². The molecule has 2 atom stereocenters. The minimum atomic E-state index is -0.433. The number of carbonyl (C=O) groups is 1. The van der Waals surface area contributed by atoms with Crippen LogP contribution in [0.4, 0.5) is 0 Å². The number of rotatable bonds is 4. The molecule has 2 heterocycles. The minimum absolute atomic E-state index is 0.0108. The highest BCUT2D eigenvalue weighted by Gasteiger charge is 2.46. The Balaban J connectivity index is 1.21. The van der Waals surface area contributed by atoms with Crippen molar-refractivity contribution in [3.8, 4) is 11.5 Å². The summed E-state index contributed by atoms with van der Waals surface area (Å²) in [6.07, 6.45) is 2.28. The predicted octanol–water partition coefficient (Wildman–Crippen LogP) is 5.38. The molecule has 2 bridgehead atoms. The van der Waals surface area contributed by atoms with Gasteiger partial charge in [0.25, 0.3) is 0 Å². The molecule has 2 unspecified atom stereocenters. The summed E-state index contributed by atoms with van der Waals surface area (Å²) in [5.41, 5.74) is 3.13. The van der Waals surface area contributed by atoms with Crippen molar-refractivity contribution >= 4 is 5.97 Å². The molecule has 2 fully saturated rings. The average Bonchev–Trinajstić information content (AvgIpc) is 3.05. The maximum absolute atomic E-state index is 13.6. The van der Waals surface area contributed by atoms with Gasteiger partial charge in [-0.3, -0.25) is 9.69 Å². The van der Waals surface area contributed by atoms with E-state index >= 15 is 0 Å². The zero-order valence-corrected chi connectivity index (χ0v) is 18.0. The van der Waals surface area contributed by atoms with E-state index in [0.29, 0.717) is 11.8 Å².